The van der Waals surface area contributed by atoms with Crippen LogP contribution in [0.2, 0.25) is 0 Å². The molecule has 0 spiro atoms. The molecule has 1 saturated heterocycles. The van der Waals surface area contributed by atoms with E-state index in [1.54, 1.807) is 17.7 Å². The molecule has 0 saturated carbocycles. The zero-order valence-electron chi connectivity index (χ0n) is 12.5. The number of piperidine rings is 1. The predicted molar refractivity (Wildman–Crippen MR) is 84.5 cm³/mol. The third kappa shape index (κ3) is 4.13. The Labute approximate surface area is 134 Å². The lowest BCUT2D eigenvalue weighted by Crippen LogP contribution is -2.40. The molecular weight excluding hydrogens is 300 g/mol. The van der Waals surface area contributed by atoms with E-state index < -0.39 is 6.10 Å². The first-order valence-corrected chi connectivity index (χ1v) is 8.58. The Morgan fingerprint density at radius 2 is 2.45 bits per heavy atom. The number of nitrogens with zero attached hydrogens (tertiary/aromatic N) is 3. The molecule has 120 valence electrons. The number of β-amino-alcohol motifs (C(OH)–C–C–N with tert-alkyl or cyclic N) is 1. The molecule has 2 N–H and O–H groups in total. The van der Waals surface area contributed by atoms with Gasteiger partial charge in [-0.2, -0.15) is 5.10 Å². The summed E-state index contributed by atoms with van der Waals surface area (Å²) in [5, 5.41) is 19.2. The van der Waals surface area contributed by atoms with Gasteiger partial charge in [-0.25, -0.2) is 4.98 Å². The Balaban J connectivity index is 1.47. The van der Waals surface area contributed by atoms with Gasteiger partial charge < -0.3 is 9.84 Å². The smallest absolute Gasteiger partial charge is 0.141 e. The van der Waals surface area contributed by atoms with Crippen molar-refractivity contribution in [2.24, 2.45) is 0 Å². The molecule has 2 atom stereocenters. The van der Waals surface area contributed by atoms with E-state index in [2.05, 4.69) is 20.1 Å². The zero-order valence-corrected chi connectivity index (χ0v) is 13.3. The van der Waals surface area contributed by atoms with Gasteiger partial charge in [0.1, 0.15) is 12.2 Å². The first-order valence-electron chi connectivity index (χ1n) is 7.70. The highest BCUT2D eigenvalue weighted by Gasteiger charge is 2.27. The van der Waals surface area contributed by atoms with E-state index in [4.69, 9.17) is 4.74 Å². The van der Waals surface area contributed by atoms with Gasteiger partial charge in [0.25, 0.3) is 0 Å². The van der Waals surface area contributed by atoms with Crippen LogP contribution in [0.15, 0.2) is 23.8 Å². The van der Waals surface area contributed by atoms with Crippen molar-refractivity contribution < 1.29 is 9.84 Å². The Kier molecular flexibility index (Phi) is 5.55. The van der Waals surface area contributed by atoms with Gasteiger partial charge in [-0.15, -0.1) is 11.3 Å². The molecule has 1 fully saturated rings. The summed E-state index contributed by atoms with van der Waals surface area (Å²) in [5.41, 5.74) is 0. The molecule has 3 rings (SSSR count). The summed E-state index contributed by atoms with van der Waals surface area (Å²) in [4.78, 5) is 7.74. The lowest BCUT2D eigenvalue weighted by Gasteiger charge is -2.35. The molecule has 0 radical (unpaired) electrons. The number of ether oxygens (including phenoxy) is 1. The second kappa shape index (κ2) is 7.82. The van der Waals surface area contributed by atoms with Crippen molar-refractivity contribution in [1.82, 2.24) is 20.1 Å². The van der Waals surface area contributed by atoms with E-state index in [9.17, 15) is 5.11 Å². The van der Waals surface area contributed by atoms with Crippen molar-refractivity contribution >= 4 is 11.3 Å². The number of thiophene rings is 1. The Morgan fingerprint density at radius 1 is 1.50 bits per heavy atom. The molecule has 1 aliphatic rings. The molecule has 2 aromatic rings. The van der Waals surface area contributed by atoms with Crippen molar-refractivity contribution in [2.75, 3.05) is 19.7 Å². The van der Waals surface area contributed by atoms with Crippen LogP contribution in [0.4, 0.5) is 0 Å². The molecule has 7 heteroatoms. The first kappa shape index (κ1) is 15.6. The quantitative estimate of drug-likeness (QED) is 0.815. The number of hydrogen-bond acceptors (Lipinski definition) is 6. The summed E-state index contributed by atoms with van der Waals surface area (Å²) >= 11 is 1.67. The Hall–Kier alpha value is -1.28. The maximum atomic E-state index is 10.2. The lowest BCUT2D eigenvalue weighted by molar-refractivity contribution is -0.00405. The molecule has 0 aromatic carbocycles. The first-order chi connectivity index (χ1) is 10.8. The lowest BCUT2D eigenvalue weighted by atomic mass is 10.0. The number of likely N-dealkylation sites (tertiary alicyclic amines) is 1. The highest BCUT2D eigenvalue weighted by molar-refractivity contribution is 7.09. The van der Waals surface area contributed by atoms with Gasteiger partial charge in [-0.05, 0) is 30.8 Å². The van der Waals surface area contributed by atoms with Crippen LogP contribution in [0.25, 0.3) is 0 Å². The monoisotopic (exact) mass is 322 g/mol. The summed E-state index contributed by atoms with van der Waals surface area (Å²) in [6, 6.07) is 4.28. The number of aliphatic hydroxyl groups is 1. The van der Waals surface area contributed by atoms with Gasteiger partial charge in [0.2, 0.25) is 0 Å². The highest BCUT2D eigenvalue weighted by atomic mass is 32.1. The number of hydrogen-bond donors (Lipinski definition) is 2. The second-order valence-electron chi connectivity index (χ2n) is 5.63. The zero-order chi connectivity index (χ0) is 15.2. The summed E-state index contributed by atoms with van der Waals surface area (Å²) < 4.78 is 5.61. The molecule has 2 aromatic heterocycles. The fraction of sp³-hybridized carbons (Fsp3) is 0.600. The third-order valence-electron chi connectivity index (χ3n) is 3.94. The molecule has 3 heterocycles. The van der Waals surface area contributed by atoms with Crippen molar-refractivity contribution in [3.05, 3.63) is 34.5 Å². The summed E-state index contributed by atoms with van der Waals surface area (Å²) in [6.07, 6.45) is 4.46. The van der Waals surface area contributed by atoms with Crippen LogP contribution in [0, 0.1) is 0 Å². The van der Waals surface area contributed by atoms with Gasteiger partial charge >= 0.3 is 0 Å². The molecule has 0 aliphatic carbocycles. The average Bonchev–Trinajstić information content (AvgIpc) is 3.21. The van der Waals surface area contributed by atoms with E-state index in [1.165, 1.54) is 11.3 Å². The molecule has 6 nitrogen and oxygen atoms in total. The third-order valence-corrected chi connectivity index (χ3v) is 4.79. The van der Waals surface area contributed by atoms with Gasteiger partial charge in [-0.1, -0.05) is 12.5 Å². The maximum absolute atomic E-state index is 10.2. The number of H-pyrrole nitrogens is 1. The van der Waals surface area contributed by atoms with E-state index in [1.807, 2.05) is 17.5 Å². The summed E-state index contributed by atoms with van der Waals surface area (Å²) in [7, 11) is 0. The van der Waals surface area contributed by atoms with Gasteiger partial charge in [-0.3, -0.25) is 10.00 Å². The van der Waals surface area contributed by atoms with Gasteiger partial charge in [0, 0.05) is 11.4 Å². The van der Waals surface area contributed by atoms with Crippen LogP contribution in [-0.2, 0) is 11.3 Å². The fourth-order valence-electron chi connectivity index (χ4n) is 2.91. The normalized spacial score (nSPS) is 21.0. The minimum atomic E-state index is -0.483. The summed E-state index contributed by atoms with van der Waals surface area (Å²) in [6.45, 7) is 2.51. The Bertz CT molecular complexity index is 532. The van der Waals surface area contributed by atoms with Crippen molar-refractivity contribution in [3.63, 3.8) is 0 Å². The van der Waals surface area contributed by atoms with Crippen LogP contribution in [0.1, 0.15) is 36.0 Å². The standard InChI is InChI=1S/C15H22N4O2S/c20-12(9-21-10-13-4-3-7-22-13)8-19-6-2-1-5-14(19)15-16-11-17-18-15/h3-4,7,11-12,14,20H,1-2,5-6,8-10H2,(H,16,17,18). The van der Waals surface area contributed by atoms with Crippen molar-refractivity contribution in [1.29, 1.82) is 0 Å². The minimum absolute atomic E-state index is 0.225. The number of rotatable bonds is 7. The van der Waals surface area contributed by atoms with Crippen LogP contribution in [-0.4, -0.2) is 51.0 Å². The van der Waals surface area contributed by atoms with Crippen LogP contribution < -0.4 is 0 Å². The van der Waals surface area contributed by atoms with E-state index in [0.29, 0.717) is 19.8 Å². The molecular formula is C15H22N4O2S. The van der Waals surface area contributed by atoms with E-state index >= 15 is 0 Å². The molecule has 22 heavy (non-hydrogen) atoms. The molecule has 1 aliphatic heterocycles. The average molecular weight is 322 g/mol. The summed E-state index contributed by atoms with van der Waals surface area (Å²) in [5.74, 6) is 0.895. The number of nitrogens with one attached hydrogen (secondary N) is 1. The Morgan fingerprint density at radius 3 is 3.23 bits per heavy atom. The van der Waals surface area contributed by atoms with Crippen LogP contribution >= 0.6 is 11.3 Å². The van der Waals surface area contributed by atoms with Crippen LogP contribution in [0.3, 0.4) is 0 Å². The van der Waals surface area contributed by atoms with Crippen molar-refractivity contribution in [2.45, 2.75) is 38.0 Å². The molecule has 2 unspecified atom stereocenters. The predicted octanol–water partition coefficient (Wildman–Crippen LogP) is 1.97. The largest absolute Gasteiger partial charge is 0.389 e. The minimum Gasteiger partial charge on any atom is -0.389 e. The van der Waals surface area contributed by atoms with E-state index in [0.717, 1.165) is 25.2 Å². The van der Waals surface area contributed by atoms with E-state index in [-0.39, 0.29) is 6.04 Å². The second-order valence-corrected chi connectivity index (χ2v) is 6.66. The van der Waals surface area contributed by atoms with Crippen molar-refractivity contribution in [3.8, 4) is 0 Å². The highest BCUT2D eigenvalue weighted by Crippen LogP contribution is 2.28. The van der Waals surface area contributed by atoms with Crippen LogP contribution in [0.5, 0.6) is 0 Å². The number of aliphatic hydroxyl groups excluding tert-OH is 1. The molecule has 0 amide bonds. The number of aromatic amines is 1. The number of aromatic nitrogens is 3. The molecule has 0 bridgehead atoms. The topological polar surface area (TPSA) is 74.3 Å². The van der Waals surface area contributed by atoms with Gasteiger partial charge in [0.05, 0.1) is 25.4 Å². The SMILES string of the molecule is OC(COCc1cccs1)CN1CCCCC1c1ncn[nH]1. The fourth-order valence-corrected chi connectivity index (χ4v) is 3.55. The maximum Gasteiger partial charge on any atom is 0.141 e. The van der Waals surface area contributed by atoms with Gasteiger partial charge in [0.15, 0.2) is 0 Å².